The summed E-state index contributed by atoms with van der Waals surface area (Å²) in [5.74, 6) is 0.604. The van der Waals surface area contributed by atoms with Crippen LogP contribution in [-0.2, 0) is 6.42 Å². The number of benzene rings is 1. The second-order valence-corrected chi connectivity index (χ2v) is 9.01. The Morgan fingerprint density at radius 2 is 1.57 bits per heavy atom. The van der Waals surface area contributed by atoms with E-state index in [9.17, 15) is 13.2 Å². The summed E-state index contributed by atoms with van der Waals surface area (Å²) < 4.78 is 42.4. The summed E-state index contributed by atoms with van der Waals surface area (Å²) in [5.41, 5.74) is 1.06. The molecule has 1 fully saturated rings. The van der Waals surface area contributed by atoms with Crippen LogP contribution >= 0.6 is 0 Å². The Morgan fingerprint density at radius 3 is 2.18 bits per heavy atom. The highest BCUT2D eigenvalue weighted by molar-refractivity contribution is 5.29. The zero-order valence-corrected chi connectivity index (χ0v) is 17.3. The van der Waals surface area contributed by atoms with E-state index in [1.807, 2.05) is 0 Å². The largest absolute Gasteiger partial charge is 0.212 e. The Hall–Kier alpha value is -1.25. The zero-order chi connectivity index (χ0) is 19.9. The van der Waals surface area contributed by atoms with Crippen LogP contribution in [0, 0.1) is 23.5 Å². The molecule has 1 aromatic carbocycles. The fourth-order valence-electron chi connectivity index (χ4n) is 5.03. The summed E-state index contributed by atoms with van der Waals surface area (Å²) in [4.78, 5) is 0. The van der Waals surface area contributed by atoms with Gasteiger partial charge in [0.1, 0.15) is 11.6 Å². The normalized spacial score (nSPS) is 25.6. The maximum atomic E-state index is 14.7. The van der Waals surface area contributed by atoms with Crippen molar-refractivity contribution in [3.63, 3.8) is 0 Å². The van der Waals surface area contributed by atoms with Crippen molar-refractivity contribution in [2.75, 3.05) is 0 Å². The van der Waals surface area contributed by atoms with Gasteiger partial charge in [-0.25, -0.2) is 13.2 Å². The molecule has 3 heteroatoms. The van der Waals surface area contributed by atoms with Crippen LogP contribution in [0.4, 0.5) is 13.2 Å². The molecule has 1 aromatic rings. The van der Waals surface area contributed by atoms with E-state index in [-0.39, 0.29) is 11.4 Å². The van der Waals surface area contributed by atoms with E-state index in [4.69, 9.17) is 0 Å². The highest BCUT2D eigenvalue weighted by Gasteiger charge is 2.24. The minimum atomic E-state index is -0.391. The minimum Gasteiger partial charge on any atom is -0.212 e. The number of allylic oxidation sites excluding steroid dienone is 2. The Bertz CT molecular complexity index is 633. The van der Waals surface area contributed by atoms with Crippen LogP contribution in [0.2, 0.25) is 0 Å². The van der Waals surface area contributed by atoms with Crippen LogP contribution < -0.4 is 0 Å². The van der Waals surface area contributed by atoms with Gasteiger partial charge in [0.25, 0.3) is 0 Å². The molecule has 0 radical (unpaired) electrons. The molecule has 2 aliphatic rings. The van der Waals surface area contributed by atoms with Crippen molar-refractivity contribution in [3.05, 3.63) is 46.8 Å². The molecule has 0 spiro atoms. The first-order chi connectivity index (χ1) is 13.6. The van der Waals surface area contributed by atoms with Gasteiger partial charge in [-0.05, 0) is 93.2 Å². The third kappa shape index (κ3) is 5.87. The van der Waals surface area contributed by atoms with Crippen molar-refractivity contribution in [2.45, 2.75) is 96.3 Å². The molecule has 1 saturated carbocycles. The summed E-state index contributed by atoms with van der Waals surface area (Å²) >= 11 is 0. The molecular formula is C25H35F3. The molecule has 0 bridgehead atoms. The quantitative estimate of drug-likeness (QED) is 0.390. The van der Waals surface area contributed by atoms with Gasteiger partial charge < -0.3 is 0 Å². The molecule has 2 aliphatic carbocycles. The second kappa shape index (κ2) is 10.5. The van der Waals surface area contributed by atoms with E-state index in [0.717, 1.165) is 37.2 Å². The summed E-state index contributed by atoms with van der Waals surface area (Å²) in [6, 6.07) is 3.17. The van der Waals surface area contributed by atoms with Gasteiger partial charge in [0.2, 0.25) is 0 Å². The van der Waals surface area contributed by atoms with Gasteiger partial charge in [-0.15, -0.1) is 0 Å². The van der Waals surface area contributed by atoms with Crippen molar-refractivity contribution in [2.24, 2.45) is 11.8 Å². The van der Waals surface area contributed by atoms with E-state index in [1.54, 1.807) is 18.2 Å². The monoisotopic (exact) mass is 392 g/mol. The number of hydrogen-bond acceptors (Lipinski definition) is 0. The standard InChI is InChI=1S/C25H35F3/c1-2-3-4-5-18-6-11-20(12-7-18)21-16-24(27)23(25(28)17-21)15-10-19-8-13-22(26)14-9-19/h13,16-20H,2-12,14-15H2,1H3. The first-order valence-electron chi connectivity index (χ1n) is 11.4. The summed E-state index contributed by atoms with van der Waals surface area (Å²) in [7, 11) is 0. The van der Waals surface area contributed by atoms with Crippen LogP contribution in [-0.4, -0.2) is 0 Å². The van der Waals surface area contributed by atoms with Crippen LogP contribution in [0.5, 0.6) is 0 Å². The van der Waals surface area contributed by atoms with E-state index >= 15 is 0 Å². The number of rotatable bonds is 8. The number of hydrogen-bond donors (Lipinski definition) is 0. The number of halogens is 3. The Labute approximate surface area is 168 Å². The molecule has 3 rings (SSSR count). The molecule has 28 heavy (non-hydrogen) atoms. The zero-order valence-electron chi connectivity index (χ0n) is 17.3. The van der Waals surface area contributed by atoms with Crippen LogP contribution in [0.1, 0.15) is 101 Å². The van der Waals surface area contributed by atoms with Crippen molar-refractivity contribution in [1.29, 1.82) is 0 Å². The number of unbranched alkanes of at least 4 members (excludes halogenated alkanes) is 2. The van der Waals surface area contributed by atoms with Crippen LogP contribution in [0.15, 0.2) is 24.0 Å². The van der Waals surface area contributed by atoms with Gasteiger partial charge in [-0.3, -0.25) is 0 Å². The smallest absolute Gasteiger partial charge is 0.129 e. The lowest BCUT2D eigenvalue weighted by molar-refractivity contribution is 0.302. The molecule has 1 atom stereocenters. The molecule has 0 aliphatic heterocycles. The van der Waals surface area contributed by atoms with Crippen molar-refractivity contribution < 1.29 is 13.2 Å². The van der Waals surface area contributed by atoms with Crippen molar-refractivity contribution in [3.8, 4) is 0 Å². The first-order valence-corrected chi connectivity index (χ1v) is 11.4. The Kier molecular flexibility index (Phi) is 8.05. The minimum absolute atomic E-state index is 0.0435. The van der Waals surface area contributed by atoms with Crippen LogP contribution in [0.25, 0.3) is 0 Å². The van der Waals surface area contributed by atoms with E-state index in [1.165, 1.54) is 38.5 Å². The maximum absolute atomic E-state index is 14.7. The third-order valence-electron chi connectivity index (χ3n) is 6.96. The predicted octanol–water partition coefficient (Wildman–Crippen LogP) is 8.41. The molecular weight excluding hydrogens is 357 g/mol. The summed E-state index contributed by atoms with van der Waals surface area (Å²) in [5, 5.41) is 0. The van der Waals surface area contributed by atoms with Gasteiger partial charge in [0.15, 0.2) is 0 Å². The first kappa shape index (κ1) is 21.5. The second-order valence-electron chi connectivity index (χ2n) is 9.01. The fourth-order valence-corrected chi connectivity index (χ4v) is 5.03. The molecule has 156 valence electrons. The maximum Gasteiger partial charge on any atom is 0.129 e. The topological polar surface area (TPSA) is 0 Å². The summed E-state index contributed by atoms with van der Waals surface area (Å²) in [6.45, 7) is 2.23. The van der Waals surface area contributed by atoms with Crippen molar-refractivity contribution in [1.82, 2.24) is 0 Å². The van der Waals surface area contributed by atoms with Crippen LogP contribution in [0.3, 0.4) is 0 Å². The SMILES string of the molecule is CCCCCC1CCC(c2cc(F)c(CCC3CC=C(F)CC3)c(F)c2)CC1. The molecule has 1 unspecified atom stereocenters. The van der Waals surface area contributed by atoms with Gasteiger partial charge >= 0.3 is 0 Å². The van der Waals surface area contributed by atoms with Gasteiger partial charge in [0.05, 0.1) is 5.83 Å². The average molecular weight is 393 g/mol. The van der Waals surface area contributed by atoms with Gasteiger partial charge in [-0.1, -0.05) is 38.7 Å². The lowest BCUT2D eigenvalue weighted by Gasteiger charge is -2.29. The predicted molar refractivity (Wildman–Crippen MR) is 110 cm³/mol. The Balaban J connectivity index is 1.53. The highest BCUT2D eigenvalue weighted by atomic mass is 19.1. The summed E-state index contributed by atoms with van der Waals surface area (Å²) in [6.07, 6.45) is 14.4. The van der Waals surface area contributed by atoms with Crippen molar-refractivity contribution >= 4 is 0 Å². The molecule has 0 N–H and O–H groups in total. The molecule has 0 amide bonds. The molecule has 0 nitrogen and oxygen atoms in total. The fraction of sp³-hybridized carbons (Fsp3) is 0.680. The molecule has 0 saturated heterocycles. The van der Waals surface area contributed by atoms with E-state index in [2.05, 4.69) is 6.92 Å². The van der Waals surface area contributed by atoms with E-state index in [0.29, 0.717) is 31.1 Å². The molecule has 0 aromatic heterocycles. The van der Waals surface area contributed by atoms with E-state index < -0.39 is 11.6 Å². The lowest BCUT2D eigenvalue weighted by Crippen LogP contribution is -2.14. The lowest BCUT2D eigenvalue weighted by atomic mass is 9.76. The molecule has 0 heterocycles. The van der Waals surface area contributed by atoms with Gasteiger partial charge in [-0.2, -0.15) is 0 Å². The average Bonchev–Trinajstić information content (AvgIpc) is 2.69. The highest BCUT2D eigenvalue weighted by Crippen LogP contribution is 2.39. The Morgan fingerprint density at radius 1 is 0.857 bits per heavy atom. The third-order valence-corrected chi connectivity index (χ3v) is 6.96. The van der Waals surface area contributed by atoms with Gasteiger partial charge in [0, 0.05) is 5.56 Å².